The number of alkyl halides is 6. The number of ether oxygens (including phenoxy) is 2. The number of halogens is 6. The van der Waals surface area contributed by atoms with E-state index in [-0.39, 0.29) is 6.08 Å². The number of nitrogens with zero attached hydrogens (tertiary/aromatic N) is 3. The highest BCUT2D eigenvalue weighted by atomic mass is 19.4. The van der Waals surface area contributed by atoms with E-state index in [1.54, 1.807) is 0 Å². The van der Waals surface area contributed by atoms with Gasteiger partial charge in [-0.3, -0.25) is 0 Å². The lowest BCUT2D eigenvalue weighted by molar-refractivity contribution is -0.150. The Morgan fingerprint density at radius 3 is 2.00 bits per heavy atom. The van der Waals surface area contributed by atoms with E-state index in [2.05, 4.69) is 19.6 Å². The smallest absolute Gasteiger partial charge is 0.453 e. The lowest BCUT2D eigenvalue weighted by atomic mass is 10.4. The molecule has 0 saturated carbocycles. The van der Waals surface area contributed by atoms with Gasteiger partial charge in [-0.1, -0.05) is 0 Å². The van der Waals surface area contributed by atoms with Gasteiger partial charge < -0.3 is 9.47 Å². The van der Waals surface area contributed by atoms with E-state index in [1.165, 1.54) is 0 Å². The van der Waals surface area contributed by atoms with Gasteiger partial charge in [0.1, 0.15) is 0 Å². The van der Waals surface area contributed by atoms with E-state index >= 15 is 0 Å². The molecule has 23 heavy (non-hydrogen) atoms. The van der Waals surface area contributed by atoms with Crippen LogP contribution in [0.2, 0.25) is 0 Å². The van der Waals surface area contributed by atoms with Crippen molar-refractivity contribution in [2.75, 3.05) is 14.2 Å². The first-order valence-corrected chi connectivity index (χ1v) is 5.41. The fourth-order valence-electron chi connectivity index (χ4n) is 1.27. The molecule has 0 spiro atoms. The molecule has 0 radical (unpaired) electrons. The molecule has 1 aromatic heterocycles. The minimum Gasteiger partial charge on any atom is -0.466 e. The fourth-order valence-corrected chi connectivity index (χ4v) is 1.27. The van der Waals surface area contributed by atoms with Gasteiger partial charge in [0.15, 0.2) is 5.70 Å². The van der Waals surface area contributed by atoms with Crippen molar-refractivity contribution in [2.24, 2.45) is 0 Å². The quantitative estimate of drug-likeness (QED) is 0.468. The van der Waals surface area contributed by atoms with Gasteiger partial charge in [-0.25, -0.2) is 14.3 Å². The standard InChI is InChI=1S/C10H7F6N3O4/c1-22-5(20)3-4(6(21)23-2)19-8(10(14,15)16)17-7(18-19)9(11,12)13/h3H,1-2H3/b4-3-. The van der Waals surface area contributed by atoms with Gasteiger partial charge in [0.25, 0.3) is 5.82 Å². The number of carbonyl (C=O) groups is 2. The molecule has 0 N–H and O–H groups in total. The minimum atomic E-state index is -5.39. The zero-order valence-electron chi connectivity index (χ0n) is 11.3. The van der Waals surface area contributed by atoms with Crippen molar-refractivity contribution in [1.82, 2.24) is 14.8 Å². The van der Waals surface area contributed by atoms with Gasteiger partial charge in [-0.2, -0.15) is 31.3 Å². The maximum Gasteiger partial charge on any atom is 0.453 e. The zero-order chi connectivity index (χ0) is 18.0. The molecule has 0 unspecified atom stereocenters. The van der Waals surface area contributed by atoms with Crippen LogP contribution in [-0.4, -0.2) is 40.9 Å². The summed E-state index contributed by atoms with van der Waals surface area (Å²) in [6.07, 6.45) is -10.5. The summed E-state index contributed by atoms with van der Waals surface area (Å²) in [5, 5.41) is 2.59. The number of rotatable bonds is 3. The van der Waals surface area contributed by atoms with Crippen LogP contribution >= 0.6 is 0 Å². The molecule has 0 aliphatic heterocycles. The summed E-state index contributed by atoms with van der Waals surface area (Å²) in [5.74, 6) is -7.18. The highest BCUT2D eigenvalue weighted by Crippen LogP contribution is 2.33. The van der Waals surface area contributed by atoms with E-state index < -0.39 is 46.3 Å². The van der Waals surface area contributed by atoms with E-state index in [0.29, 0.717) is 0 Å². The Kier molecular flexibility index (Phi) is 5.02. The van der Waals surface area contributed by atoms with Crippen molar-refractivity contribution in [2.45, 2.75) is 12.4 Å². The monoisotopic (exact) mass is 347 g/mol. The molecule has 0 aliphatic carbocycles. The van der Waals surface area contributed by atoms with Crippen molar-refractivity contribution in [3.05, 3.63) is 17.7 Å². The Morgan fingerprint density at radius 1 is 1.04 bits per heavy atom. The number of hydrogen-bond acceptors (Lipinski definition) is 6. The number of carbonyl (C=O) groups excluding carboxylic acids is 2. The SMILES string of the molecule is COC(=O)/C=C(/C(=O)OC)n1nc(C(F)(F)F)nc1C(F)(F)F. The fraction of sp³-hybridized carbons (Fsp3) is 0.400. The Hall–Kier alpha value is -2.60. The van der Waals surface area contributed by atoms with Crippen molar-refractivity contribution < 1.29 is 45.4 Å². The van der Waals surface area contributed by atoms with Gasteiger partial charge in [-0.05, 0) is 0 Å². The largest absolute Gasteiger partial charge is 0.466 e. The van der Waals surface area contributed by atoms with Crippen LogP contribution < -0.4 is 0 Å². The summed E-state index contributed by atoms with van der Waals surface area (Å²) < 4.78 is 83.7. The van der Waals surface area contributed by atoms with Gasteiger partial charge in [-0.15, -0.1) is 5.10 Å². The molecule has 0 aliphatic rings. The summed E-state index contributed by atoms with van der Waals surface area (Å²) in [6.45, 7) is 0. The second kappa shape index (κ2) is 6.26. The second-order valence-electron chi connectivity index (χ2n) is 3.71. The molecule has 128 valence electrons. The molecule has 0 aromatic carbocycles. The number of methoxy groups -OCH3 is 2. The third kappa shape index (κ3) is 4.20. The Bertz CT molecular complexity index is 646. The molecule has 1 aromatic rings. The average molecular weight is 347 g/mol. The molecular weight excluding hydrogens is 340 g/mol. The van der Waals surface area contributed by atoms with Crippen LogP contribution in [0.5, 0.6) is 0 Å². The Morgan fingerprint density at radius 2 is 1.61 bits per heavy atom. The lowest BCUT2D eigenvalue weighted by Gasteiger charge is -2.10. The number of hydrogen-bond donors (Lipinski definition) is 0. The lowest BCUT2D eigenvalue weighted by Crippen LogP contribution is -2.21. The summed E-state index contributed by atoms with van der Waals surface area (Å²) in [5.41, 5.74) is -1.25. The van der Waals surface area contributed by atoms with Gasteiger partial charge >= 0.3 is 24.3 Å². The third-order valence-electron chi connectivity index (χ3n) is 2.19. The summed E-state index contributed by atoms with van der Waals surface area (Å²) in [7, 11) is 1.57. The maximum atomic E-state index is 12.8. The van der Waals surface area contributed by atoms with Crippen LogP contribution in [0.4, 0.5) is 26.3 Å². The van der Waals surface area contributed by atoms with Crippen LogP contribution in [0.25, 0.3) is 5.70 Å². The normalized spacial score (nSPS) is 13.0. The zero-order valence-corrected chi connectivity index (χ0v) is 11.3. The predicted octanol–water partition coefficient (Wildman–Crippen LogP) is 1.50. The second-order valence-corrected chi connectivity index (χ2v) is 3.71. The highest BCUT2D eigenvalue weighted by Gasteiger charge is 2.45. The minimum absolute atomic E-state index is 0.190. The number of aromatic nitrogens is 3. The van der Waals surface area contributed by atoms with Crippen LogP contribution in [0.3, 0.4) is 0 Å². The summed E-state index contributed by atoms with van der Waals surface area (Å²) in [4.78, 5) is 24.9. The van der Waals surface area contributed by atoms with E-state index in [9.17, 15) is 35.9 Å². The molecule has 0 atom stereocenters. The molecule has 7 nitrogen and oxygen atoms in total. The van der Waals surface area contributed by atoms with Crippen molar-refractivity contribution in [3.8, 4) is 0 Å². The van der Waals surface area contributed by atoms with Crippen molar-refractivity contribution >= 4 is 17.6 Å². The van der Waals surface area contributed by atoms with Gasteiger partial charge in [0, 0.05) is 0 Å². The molecule has 0 fully saturated rings. The van der Waals surface area contributed by atoms with Gasteiger partial charge in [0.05, 0.1) is 20.3 Å². The van der Waals surface area contributed by atoms with E-state index in [4.69, 9.17) is 0 Å². The topological polar surface area (TPSA) is 83.3 Å². The van der Waals surface area contributed by atoms with E-state index in [1.807, 2.05) is 0 Å². The first kappa shape index (κ1) is 18.4. The summed E-state index contributed by atoms with van der Waals surface area (Å²) in [6, 6.07) is 0. The molecule has 0 bridgehead atoms. The molecule has 0 amide bonds. The number of esters is 2. The molecule has 1 rings (SSSR count). The molecule has 13 heteroatoms. The molecule has 1 heterocycles. The van der Waals surface area contributed by atoms with Crippen LogP contribution in [-0.2, 0) is 31.4 Å². The van der Waals surface area contributed by atoms with Crippen molar-refractivity contribution in [1.29, 1.82) is 0 Å². The first-order valence-electron chi connectivity index (χ1n) is 5.41. The Balaban J connectivity index is 3.64. The summed E-state index contributed by atoms with van der Waals surface area (Å²) >= 11 is 0. The van der Waals surface area contributed by atoms with Crippen LogP contribution in [0.15, 0.2) is 6.08 Å². The van der Waals surface area contributed by atoms with Crippen LogP contribution in [0.1, 0.15) is 11.6 Å². The van der Waals surface area contributed by atoms with E-state index in [0.717, 1.165) is 14.2 Å². The average Bonchev–Trinajstić information content (AvgIpc) is 2.88. The third-order valence-corrected chi connectivity index (χ3v) is 2.19. The van der Waals surface area contributed by atoms with Crippen molar-refractivity contribution in [3.63, 3.8) is 0 Å². The van der Waals surface area contributed by atoms with Crippen LogP contribution in [0, 0.1) is 0 Å². The first-order chi connectivity index (χ1) is 10.4. The predicted molar refractivity (Wildman–Crippen MR) is 58.3 cm³/mol. The molecule has 0 saturated heterocycles. The highest BCUT2D eigenvalue weighted by molar-refractivity contribution is 6.14. The Labute approximate surface area is 123 Å². The maximum absolute atomic E-state index is 12.8. The van der Waals surface area contributed by atoms with Gasteiger partial charge in [0.2, 0.25) is 5.82 Å². The molecular formula is C10H7F6N3O4.